The predicted molar refractivity (Wildman–Crippen MR) is 89.0 cm³/mol. The molecule has 116 valence electrons. The van der Waals surface area contributed by atoms with Gasteiger partial charge in [-0.2, -0.15) is 0 Å². The molecule has 0 aliphatic rings. The standard InChI is InChI=1S/C19H23NO2/c1-15-13-18(22-2)12-11-17(15)9-6-10-19(21)20-14-16-7-4-3-5-8-16/h3-5,7-8,11-13H,6,9-10,14H2,1-2H3,(H,20,21). The molecule has 0 fully saturated rings. The third kappa shape index (κ3) is 4.92. The summed E-state index contributed by atoms with van der Waals surface area (Å²) in [5, 5.41) is 2.96. The predicted octanol–water partition coefficient (Wildman–Crippen LogP) is 3.64. The van der Waals surface area contributed by atoms with Gasteiger partial charge in [-0.1, -0.05) is 36.4 Å². The molecule has 2 aromatic carbocycles. The number of carbonyl (C=O) groups is 1. The topological polar surface area (TPSA) is 38.3 Å². The average Bonchev–Trinajstić information content (AvgIpc) is 2.55. The van der Waals surface area contributed by atoms with Gasteiger partial charge in [0, 0.05) is 13.0 Å². The quantitative estimate of drug-likeness (QED) is 0.847. The summed E-state index contributed by atoms with van der Waals surface area (Å²) in [5.41, 5.74) is 3.61. The van der Waals surface area contributed by atoms with Crippen molar-refractivity contribution in [3.63, 3.8) is 0 Å². The number of hydrogen-bond donors (Lipinski definition) is 1. The molecule has 0 aromatic heterocycles. The minimum absolute atomic E-state index is 0.106. The van der Waals surface area contributed by atoms with Gasteiger partial charge in [-0.15, -0.1) is 0 Å². The molecule has 3 heteroatoms. The first kappa shape index (κ1) is 16.1. The maximum atomic E-state index is 11.9. The maximum Gasteiger partial charge on any atom is 0.220 e. The first-order chi connectivity index (χ1) is 10.7. The van der Waals surface area contributed by atoms with Crippen molar-refractivity contribution in [2.75, 3.05) is 7.11 Å². The van der Waals surface area contributed by atoms with E-state index in [1.54, 1.807) is 7.11 Å². The minimum atomic E-state index is 0.106. The Morgan fingerprint density at radius 3 is 2.59 bits per heavy atom. The van der Waals surface area contributed by atoms with E-state index < -0.39 is 0 Å². The molecule has 3 nitrogen and oxygen atoms in total. The number of benzene rings is 2. The summed E-state index contributed by atoms with van der Waals surface area (Å²) < 4.78 is 5.20. The van der Waals surface area contributed by atoms with Gasteiger partial charge in [0.2, 0.25) is 5.91 Å². The Labute approximate surface area is 132 Å². The van der Waals surface area contributed by atoms with Gasteiger partial charge in [-0.05, 0) is 48.6 Å². The number of hydrogen-bond acceptors (Lipinski definition) is 2. The first-order valence-electron chi connectivity index (χ1n) is 7.63. The summed E-state index contributed by atoms with van der Waals surface area (Å²) in [6.07, 6.45) is 2.32. The molecule has 0 spiro atoms. The number of methoxy groups -OCH3 is 1. The van der Waals surface area contributed by atoms with Crippen molar-refractivity contribution in [2.45, 2.75) is 32.7 Å². The zero-order chi connectivity index (χ0) is 15.8. The molecule has 0 unspecified atom stereocenters. The molecule has 2 aromatic rings. The highest BCUT2D eigenvalue weighted by Gasteiger charge is 2.04. The average molecular weight is 297 g/mol. The zero-order valence-corrected chi connectivity index (χ0v) is 13.3. The van der Waals surface area contributed by atoms with E-state index in [1.165, 1.54) is 11.1 Å². The summed E-state index contributed by atoms with van der Waals surface area (Å²) in [4.78, 5) is 11.9. The number of rotatable bonds is 7. The zero-order valence-electron chi connectivity index (χ0n) is 13.3. The summed E-state index contributed by atoms with van der Waals surface area (Å²) >= 11 is 0. The molecular weight excluding hydrogens is 274 g/mol. The van der Waals surface area contributed by atoms with Crippen LogP contribution in [0.5, 0.6) is 5.75 Å². The Balaban J connectivity index is 1.73. The van der Waals surface area contributed by atoms with Gasteiger partial charge in [0.15, 0.2) is 0 Å². The molecule has 1 N–H and O–H groups in total. The number of ether oxygens (including phenoxy) is 1. The second kappa shape index (κ2) is 8.23. The van der Waals surface area contributed by atoms with Crippen LogP contribution in [0.4, 0.5) is 0 Å². The lowest BCUT2D eigenvalue weighted by atomic mass is 10.0. The van der Waals surface area contributed by atoms with Gasteiger partial charge in [-0.25, -0.2) is 0 Å². The fourth-order valence-electron chi connectivity index (χ4n) is 2.40. The first-order valence-corrected chi connectivity index (χ1v) is 7.63. The van der Waals surface area contributed by atoms with E-state index in [4.69, 9.17) is 4.74 Å². The van der Waals surface area contributed by atoms with Crippen LogP contribution >= 0.6 is 0 Å². The van der Waals surface area contributed by atoms with Crippen molar-refractivity contribution in [3.8, 4) is 5.75 Å². The third-order valence-corrected chi connectivity index (χ3v) is 3.73. The SMILES string of the molecule is COc1ccc(CCCC(=O)NCc2ccccc2)c(C)c1. The van der Waals surface area contributed by atoms with Crippen molar-refractivity contribution >= 4 is 5.91 Å². The van der Waals surface area contributed by atoms with Gasteiger partial charge in [0.25, 0.3) is 0 Å². The highest BCUT2D eigenvalue weighted by molar-refractivity contribution is 5.75. The Bertz CT molecular complexity index is 608. The van der Waals surface area contributed by atoms with Crippen LogP contribution in [0, 0.1) is 6.92 Å². The Morgan fingerprint density at radius 2 is 1.91 bits per heavy atom. The fraction of sp³-hybridized carbons (Fsp3) is 0.316. The van der Waals surface area contributed by atoms with Crippen molar-refractivity contribution < 1.29 is 9.53 Å². The van der Waals surface area contributed by atoms with Crippen LogP contribution in [0.15, 0.2) is 48.5 Å². The van der Waals surface area contributed by atoms with Crippen LogP contribution in [-0.2, 0) is 17.8 Å². The van der Waals surface area contributed by atoms with Gasteiger partial charge >= 0.3 is 0 Å². The van der Waals surface area contributed by atoms with E-state index in [-0.39, 0.29) is 5.91 Å². The third-order valence-electron chi connectivity index (χ3n) is 3.73. The summed E-state index contributed by atoms with van der Waals surface area (Å²) in [6.45, 7) is 2.68. The Morgan fingerprint density at radius 1 is 1.14 bits per heavy atom. The normalized spacial score (nSPS) is 10.3. The van der Waals surface area contributed by atoms with Crippen LogP contribution in [-0.4, -0.2) is 13.0 Å². The molecule has 0 atom stereocenters. The lowest BCUT2D eigenvalue weighted by Gasteiger charge is -2.08. The molecule has 0 saturated heterocycles. The second-order valence-corrected chi connectivity index (χ2v) is 5.41. The van der Waals surface area contributed by atoms with Gasteiger partial charge in [0.1, 0.15) is 5.75 Å². The molecule has 1 amide bonds. The van der Waals surface area contributed by atoms with Crippen LogP contribution < -0.4 is 10.1 Å². The summed E-state index contributed by atoms with van der Waals surface area (Å²) in [6, 6.07) is 16.0. The van der Waals surface area contributed by atoms with Crippen LogP contribution in [0.1, 0.15) is 29.5 Å². The molecule has 2 rings (SSSR count). The number of nitrogens with one attached hydrogen (secondary N) is 1. The van der Waals surface area contributed by atoms with Gasteiger partial charge in [0.05, 0.1) is 7.11 Å². The van der Waals surface area contributed by atoms with Crippen LogP contribution in [0.3, 0.4) is 0 Å². The lowest BCUT2D eigenvalue weighted by molar-refractivity contribution is -0.121. The molecule has 0 aliphatic carbocycles. The Hall–Kier alpha value is -2.29. The molecule has 0 saturated carbocycles. The monoisotopic (exact) mass is 297 g/mol. The molecule has 22 heavy (non-hydrogen) atoms. The van der Waals surface area contributed by atoms with E-state index in [2.05, 4.69) is 18.3 Å². The number of amides is 1. The highest BCUT2D eigenvalue weighted by atomic mass is 16.5. The second-order valence-electron chi connectivity index (χ2n) is 5.41. The largest absolute Gasteiger partial charge is 0.497 e. The van der Waals surface area contributed by atoms with Crippen molar-refractivity contribution in [1.82, 2.24) is 5.32 Å². The molecule has 0 heterocycles. The van der Waals surface area contributed by atoms with E-state index in [9.17, 15) is 4.79 Å². The molecular formula is C19H23NO2. The molecule has 0 aliphatic heterocycles. The molecule has 0 bridgehead atoms. The van der Waals surface area contributed by atoms with Crippen LogP contribution in [0.25, 0.3) is 0 Å². The van der Waals surface area contributed by atoms with E-state index in [0.29, 0.717) is 13.0 Å². The van der Waals surface area contributed by atoms with E-state index >= 15 is 0 Å². The van der Waals surface area contributed by atoms with Crippen LogP contribution in [0.2, 0.25) is 0 Å². The highest BCUT2D eigenvalue weighted by Crippen LogP contribution is 2.18. The molecule has 0 radical (unpaired) electrons. The summed E-state index contributed by atoms with van der Waals surface area (Å²) in [7, 11) is 1.67. The fourth-order valence-corrected chi connectivity index (χ4v) is 2.40. The maximum absolute atomic E-state index is 11.9. The minimum Gasteiger partial charge on any atom is -0.497 e. The Kier molecular flexibility index (Phi) is 6.01. The van der Waals surface area contributed by atoms with E-state index in [0.717, 1.165) is 24.2 Å². The van der Waals surface area contributed by atoms with E-state index in [1.807, 2.05) is 42.5 Å². The van der Waals surface area contributed by atoms with Crippen molar-refractivity contribution in [2.24, 2.45) is 0 Å². The van der Waals surface area contributed by atoms with Gasteiger partial charge in [-0.3, -0.25) is 4.79 Å². The van der Waals surface area contributed by atoms with Crippen molar-refractivity contribution in [3.05, 3.63) is 65.2 Å². The lowest BCUT2D eigenvalue weighted by Crippen LogP contribution is -2.22. The van der Waals surface area contributed by atoms with Crippen molar-refractivity contribution in [1.29, 1.82) is 0 Å². The number of carbonyl (C=O) groups excluding carboxylic acids is 1. The summed E-state index contributed by atoms with van der Waals surface area (Å²) in [5.74, 6) is 0.983. The van der Waals surface area contributed by atoms with Gasteiger partial charge < -0.3 is 10.1 Å². The smallest absolute Gasteiger partial charge is 0.220 e. The number of aryl methyl sites for hydroxylation is 2.